The molecule has 0 aliphatic carbocycles. The molecule has 0 spiro atoms. The highest BCUT2D eigenvalue weighted by Crippen LogP contribution is 2.38. The van der Waals surface area contributed by atoms with Crippen molar-refractivity contribution in [3.05, 3.63) is 70.5 Å². The molecule has 0 aromatic heterocycles. The molecule has 0 amide bonds. The number of halogens is 1. The standard InChI is InChI=1S/C18H20FNO/c1-12-7-8-14(11-16(12)19)18(2,21)17-15-6-4-3-5-13(15)9-10-20-17/h3-8,11,17,20-21H,9-10H2,1-2H3. The van der Waals surface area contributed by atoms with Crippen LogP contribution in [0.15, 0.2) is 42.5 Å². The summed E-state index contributed by atoms with van der Waals surface area (Å²) in [5.74, 6) is -0.281. The Hall–Kier alpha value is -1.71. The number of benzene rings is 2. The van der Waals surface area contributed by atoms with Gasteiger partial charge in [0.25, 0.3) is 0 Å². The number of fused-ring (bicyclic) bond motifs is 1. The lowest BCUT2D eigenvalue weighted by atomic mass is 9.80. The number of hydrogen-bond donors (Lipinski definition) is 2. The van der Waals surface area contributed by atoms with Crippen LogP contribution >= 0.6 is 0 Å². The molecule has 0 radical (unpaired) electrons. The van der Waals surface area contributed by atoms with E-state index in [1.165, 1.54) is 11.6 Å². The van der Waals surface area contributed by atoms with Crippen LogP contribution in [0.2, 0.25) is 0 Å². The van der Waals surface area contributed by atoms with Crippen LogP contribution in [0.25, 0.3) is 0 Å². The molecular weight excluding hydrogens is 265 g/mol. The first-order valence-corrected chi connectivity index (χ1v) is 7.30. The smallest absolute Gasteiger partial charge is 0.126 e. The van der Waals surface area contributed by atoms with E-state index < -0.39 is 5.60 Å². The van der Waals surface area contributed by atoms with Crippen LogP contribution < -0.4 is 5.32 Å². The van der Waals surface area contributed by atoms with E-state index in [2.05, 4.69) is 11.4 Å². The molecule has 0 bridgehead atoms. The Morgan fingerprint density at radius 3 is 2.76 bits per heavy atom. The summed E-state index contributed by atoms with van der Waals surface area (Å²) in [6.45, 7) is 4.28. The van der Waals surface area contributed by atoms with E-state index in [1.807, 2.05) is 18.2 Å². The molecule has 1 aliphatic rings. The molecule has 3 heteroatoms. The SMILES string of the molecule is Cc1ccc(C(C)(O)C2NCCc3ccccc32)cc1F. The van der Waals surface area contributed by atoms with Gasteiger partial charge in [-0.1, -0.05) is 36.4 Å². The van der Waals surface area contributed by atoms with Gasteiger partial charge in [-0.3, -0.25) is 0 Å². The Morgan fingerprint density at radius 1 is 1.24 bits per heavy atom. The van der Waals surface area contributed by atoms with Crippen LogP contribution in [0.4, 0.5) is 4.39 Å². The molecule has 110 valence electrons. The van der Waals surface area contributed by atoms with Crippen molar-refractivity contribution in [2.24, 2.45) is 0 Å². The molecule has 1 aliphatic heterocycles. The van der Waals surface area contributed by atoms with E-state index in [9.17, 15) is 9.50 Å². The minimum absolute atomic E-state index is 0.232. The lowest BCUT2D eigenvalue weighted by molar-refractivity contribution is 0.0115. The predicted octanol–water partition coefficient (Wildman–Crippen LogP) is 3.23. The van der Waals surface area contributed by atoms with Crippen molar-refractivity contribution in [3.8, 4) is 0 Å². The van der Waals surface area contributed by atoms with Crippen molar-refractivity contribution < 1.29 is 9.50 Å². The highest BCUT2D eigenvalue weighted by molar-refractivity contribution is 5.38. The van der Waals surface area contributed by atoms with Crippen molar-refractivity contribution >= 4 is 0 Å². The molecule has 2 unspecified atom stereocenters. The van der Waals surface area contributed by atoms with Gasteiger partial charge in [0.15, 0.2) is 0 Å². The van der Waals surface area contributed by atoms with E-state index in [0.29, 0.717) is 11.1 Å². The summed E-state index contributed by atoms with van der Waals surface area (Å²) in [5.41, 5.74) is 2.36. The number of rotatable bonds is 2. The molecular formula is C18H20FNO. The second-order valence-corrected chi connectivity index (χ2v) is 5.95. The van der Waals surface area contributed by atoms with Gasteiger partial charge in [-0.15, -0.1) is 0 Å². The lowest BCUT2D eigenvalue weighted by Gasteiger charge is -2.38. The Kier molecular flexibility index (Phi) is 3.56. The summed E-state index contributed by atoms with van der Waals surface area (Å²) in [6.07, 6.45) is 0.949. The first kappa shape index (κ1) is 14.2. The Bertz CT molecular complexity index is 666. The quantitative estimate of drug-likeness (QED) is 0.888. The van der Waals surface area contributed by atoms with E-state index >= 15 is 0 Å². The number of aliphatic hydroxyl groups is 1. The molecule has 1 heterocycles. The lowest BCUT2D eigenvalue weighted by Crippen LogP contribution is -2.43. The summed E-state index contributed by atoms with van der Waals surface area (Å²) in [4.78, 5) is 0. The third kappa shape index (κ3) is 2.47. The second kappa shape index (κ2) is 5.24. The summed E-state index contributed by atoms with van der Waals surface area (Å²) in [6, 6.07) is 12.8. The molecule has 2 aromatic rings. The van der Waals surface area contributed by atoms with Gasteiger partial charge in [0.2, 0.25) is 0 Å². The van der Waals surface area contributed by atoms with E-state index in [0.717, 1.165) is 18.5 Å². The molecule has 2 N–H and O–H groups in total. The number of hydrogen-bond acceptors (Lipinski definition) is 2. The molecule has 2 atom stereocenters. The average molecular weight is 285 g/mol. The maximum Gasteiger partial charge on any atom is 0.126 e. The van der Waals surface area contributed by atoms with Gasteiger partial charge in [-0.25, -0.2) is 4.39 Å². The van der Waals surface area contributed by atoms with Crippen molar-refractivity contribution in [1.29, 1.82) is 0 Å². The van der Waals surface area contributed by atoms with Gasteiger partial charge < -0.3 is 10.4 Å². The summed E-state index contributed by atoms with van der Waals surface area (Å²) in [7, 11) is 0. The van der Waals surface area contributed by atoms with E-state index in [-0.39, 0.29) is 11.9 Å². The van der Waals surface area contributed by atoms with Crippen molar-refractivity contribution in [2.75, 3.05) is 6.54 Å². The highest BCUT2D eigenvalue weighted by Gasteiger charge is 2.37. The van der Waals surface area contributed by atoms with Crippen molar-refractivity contribution in [2.45, 2.75) is 31.9 Å². The first-order valence-electron chi connectivity index (χ1n) is 7.30. The molecule has 21 heavy (non-hydrogen) atoms. The van der Waals surface area contributed by atoms with Gasteiger partial charge in [0.05, 0.1) is 6.04 Å². The average Bonchev–Trinajstić information content (AvgIpc) is 2.49. The second-order valence-electron chi connectivity index (χ2n) is 5.95. The van der Waals surface area contributed by atoms with Gasteiger partial charge >= 0.3 is 0 Å². The molecule has 0 fully saturated rings. The zero-order chi connectivity index (χ0) is 15.0. The minimum Gasteiger partial charge on any atom is -0.383 e. The fourth-order valence-electron chi connectivity index (χ4n) is 3.08. The number of nitrogens with one attached hydrogen (secondary N) is 1. The van der Waals surface area contributed by atoms with Gasteiger partial charge in [0, 0.05) is 0 Å². The van der Waals surface area contributed by atoms with E-state index in [4.69, 9.17) is 0 Å². The molecule has 2 aromatic carbocycles. The van der Waals surface area contributed by atoms with Gasteiger partial charge in [0.1, 0.15) is 11.4 Å². The largest absolute Gasteiger partial charge is 0.383 e. The molecule has 0 saturated heterocycles. The van der Waals surface area contributed by atoms with Crippen molar-refractivity contribution in [3.63, 3.8) is 0 Å². The van der Waals surface area contributed by atoms with Gasteiger partial charge in [-0.05, 0) is 55.1 Å². The van der Waals surface area contributed by atoms with Crippen LogP contribution in [-0.2, 0) is 12.0 Å². The third-order valence-corrected chi connectivity index (χ3v) is 4.43. The third-order valence-electron chi connectivity index (χ3n) is 4.43. The van der Waals surface area contributed by atoms with Crippen molar-refractivity contribution in [1.82, 2.24) is 5.32 Å². The maximum absolute atomic E-state index is 13.8. The van der Waals surface area contributed by atoms with Crippen LogP contribution in [-0.4, -0.2) is 11.7 Å². The summed E-state index contributed by atoms with van der Waals surface area (Å²) < 4.78 is 13.8. The van der Waals surface area contributed by atoms with Crippen LogP contribution in [0.1, 0.15) is 35.2 Å². The van der Waals surface area contributed by atoms with Crippen LogP contribution in [0, 0.1) is 12.7 Å². The monoisotopic (exact) mass is 285 g/mol. The fraction of sp³-hybridized carbons (Fsp3) is 0.333. The zero-order valence-corrected chi connectivity index (χ0v) is 12.4. The zero-order valence-electron chi connectivity index (χ0n) is 12.4. The molecule has 2 nitrogen and oxygen atoms in total. The molecule has 0 saturated carbocycles. The molecule has 3 rings (SSSR count). The maximum atomic E-state index is 13.8. The van der Waals surface area contributed by atoms with E-state index in [1.54, 1.807) is 26.0 Å². The Morgan fingerprint density at radius 2 is 2.00 bits per heavy atom. The summed E-state index contributed by atoms with van der Waals surface area (Å²) >= 11 is 0. The van der Waals surface area contributed by atoms with Crippen LogP contribution in [0.3, 0.4) is 0 Å². The topological polar surface area (TPSA) is 32.3 Å². The predicted molar refractivity (Wildman–Crippen MR) is 81.6 cm³/mol. The normalized spacial score (nSPS) is 20.7. The summed E-state index contributed by atoms with van der Waals surface area (Å²) in [5, 5.41) is 14.4. The highest BCUT2D eigenvalue weighted by atomic mass is 19.1. The van der Waals surface area contributed by atoms with Crippen LogP contribution in [0.5, 0.6) is 0 Å². The Balaban J connectivity index is 2.04. The fourth-order valence-corrected chi connectivity index (χ4v) is 3.08. The van der Waals surface area contributed by atoms with Gasteiger partial charge in [-0.2, -0.15) is 0 Å². The number of aryl methyl sites for hydroxylation is 1. The minimum atomic E-state index is -1.16. The first-order chi connectivity index (χ1) is 10.00. The Labute approximate surface area is 124 Å².